The normalized spacial score (nSPS) is 19.6. The summed E-state index contributed by atoms with van der Waals surface area (Å²) in [5.74, 6) is 0. The van der Waals surface area contributed by atoms with Gasteiger partial charge in [0.25, 0.3) is 0 Å². The number of nitrogens with one attached hydrogen (secondary N) is 1. The van der Waals surface area contributed by atoms with Gasteiger partial charge < -0.3 is 5.32 Å². The highest BCUT2D eigenvalue weighted by atomic mass is 35.5. The quantitative estimate of drug-likeness (QED) is 0.869. The number of nitrogens with zero attached hydrogens (tertiary/aromatic N) is 1. The van der Waals surface area contributed by atoms with Crippen LogP contribution < -0.4 is 5.32 Å². The average molecular weight is 239 g/mol. The second kappa shape index (κ2) is 5.67. The molecule has 0 saturated carbocycles. The van der Waals surface area contributed by atoms with Crippen LogP contribution in [0.25, 0.3) is 0 Å². The van der Waals surface area contributed by atoms with Crippen molar-refractivity contribution in [2.24, 2.45) is 0 Å². The molecule has 1 aromatic rings. The fraction of sp³-hybridized carbons (Fsp3) is 0.538. The predicted octanol–water partition coefficient (Wildman–Crippen LogP) is 2.18. The number of piperazine rings is 1. The lowest BCUT2D eigenvalue weighted by molar-refractivity contribution is 0.183. The van der Waals surface area contributed by atoms with Gasteiger partial charge in [-0.2, -0.15) is 0 Å². The molecule has 88 valence electrons. The van der Waals surface area contributed by atoms with Crippen LogP contribution in [0.5, 0.6) is 0 Å². The Balaban J connectivity index is 1.96. The van der Waals surface area contributed by atoms with E-state index >= 15 is 0 Å². The highest BCUT2D eigenvalue weighted by molar-refractivity contribution is 6.31. The molecule has 1 heterocycles. The number of benzene rings is 1. The second-order valence-electron chi connectivity index (χ2n) is 4.43. The van der Waals surface area contributed by atoms with Gasteiger partial charge in [-0.25, -0.2) is 0 Å². The van der Waals surface area contributed by atoms with Crippen molar-refractivity contribution in [2.75, 3.05) is 26.2 Å². The summed E-state index contributed by atoms with van der Waals surface area (Å²) in [6.45, 7) is 6.78. The first-order valence-electron chi connectivity index (χ1n) is 5.95. The van der Waals surface area contributed by atoms with Crippen molar-refractivity contribution in [3.8, 4) is 0 Å². The van der Waals surface area contributed by atoms with E-state index < -0.39 is 0 Å². The first-order chi connectivity index (χ1) is 7.77. The van der Waals surface area contributed by atoms with Crippen molar-refractivity contribution in [2.45, 2.75) is 19.4 Å². The first kappa shape index (κ1) is 11.9. The Bertz CT molecular complexity index is 334. The van der Waals surface area contributed by atoms with Crippen LogP contribution in [0.3, 0.4) is 0 Å². The van der Waals surface area contributed by atoms with E-state index in [1.807, 2.05) is 12.1 Å². The van der Waals surface area contributed by atoms with E-state index in [4.69, 9.17) is 11.6 Å². The molecule has 1 aliphatic heterocycles. The summed E-state index contributed by atoms with van der Waals surface area (Å²) in [5.41, 5.74) is 1.26. The van der Waals surface area contributed by atoms with Crippen molar-refractivity contribution in [3.63, 3.8) is 0 Å². The van der Waals surface area contributed by atoms with E-state index in [1.54, 1.807) is 0 Å². The molecule has 0 amide bonds. The number of halogens is 1. The van der Waals surface area contributed by atoms with Gasteiger partial charge in [-0.3, -0.25) is 4.90 Å². The van der Waals surface area contributed by atoms with Gasteiger partial charge in [0.05, 0.1) is 0 Å². The van der Waals surface area contributed by atoms with E-state index in [0.717, 1.165) is 37.6 Å². The molecule has 16 heavy (non-hydrogen) atoms. The number of hydrogen-bond acceptors (Lipinski definition) is 2. The molecule has 1 fully saturated rings. The molecule has 1 unspecified atom stereocenters. The molecule has 0 radical (unpaired) electrons. The summed E-state index contributed by atoms with van der Waals surface area (Å²) >= 11 is 6.18. The van der Waals surface area contributed by atoms with Crippen LogP contribution in [-0.2, 0) is 6.42 Å². The Hall–Kier alpha value is -0.570. The van der Waals surface area contributed by atoms with Crippen molar-refractivity contribution in [1.29, 1.82) is 0 Å². The third-order valence-corrected chi connectivity index (χ3v) is 3.62. The summed E-state index contributed by atoms with van der Waals surface area (Å²) in [6, 6.07) is 8.72. The molecule has 1 aromatic carbocycles. The average Bonchev–Trinajstić information content (AvgIpc) is 2.33. The molecule has 0 spiro atoms. The molecule has 1 saturated heterocycles. The molecule has 1 aliphatic rings. The minimum absolute atomic E-state index is 0.571. The Morgan fingerprint density at radius 1 is 1.31 bits per heavy atom. The fourth-order valence-electron chi connectivity index (χ4n) is 2.23. The zero-order chi connectivity index (χ0) is 11.4. The van der Waals surface area contributed by atoms with E-state index in [9.17, 15) is 0 Å². The second-order valence-corrected chi connectivity index (χ2v) is 4.84. The van der Waals surface area contributed by atoms with Crippen LogP contribution in [0.15, 0.2) is 24.3 Å². The first-order valence-corrected chi connectivity index (χ1v) is 6.33. The number of rotatable bonds is 3. The lowest BCUT2D eigenvalue weighted by atomic mass is 10.1. The van der Waals surface area contributed by atoms with Gasteiger partial charge in [0.1, 0.15) is 0 Å². The summed E-state index contributed by atoms with van der Waals surface area (Å²) in [7, 11) is 0. The lowest BCUT2D eigenvalue weighted by Crippen LogP contribution is -2.48. The van der Waals surface area contributed by atoms with Crippen LogP contribution in [0.4, 0.5) is 0 Å². The Labute approximate surface area is 103 Å². The van der Waals surface area contributed by atoms with E-state index in [2.05, 4.69) is 29.3 Å². The molecule has 0 bridgehead atoms. The molecule has 1 N–H and O–H groups in total. The summed E-state index contributed by atoms with van der Waals surface area (Å²) in [4.78, 5) is 2.53. The Kier molecular flexibility index (Phi) is 4.22. The van der Waals surface area contributed by atoms with Gasteiger partial charge in [0.15, 0.2) is 0 Å². The minimum Gasteiger partial charge on any atom is -0.314 e. The lowest BCUT2D eigenvalue weighted by Gasteiger charge is -2.33. The molecule has 0 aromatic heterocycles. The van der Waals surface area contributed by atoms with Gasteiger partial charge in [-0.05, 0) is 25.0 Å². The van der Waals surface area contributed by atoms with Crippen molar-refractivity contribution < 1.29 is 0 Å². The van der Waals surface area contributed by atoms with Crippen molar-refractivity contribution in [1.82, 2.24) is 10.2 Å². The van der Waals surface area contributed by atoms with Crippen LogP contribution in [0.1, 0.15) is 12.5 Å². The highest BCUT2D eigenvalue weighted by Crippen LogP contribution is 2.18. The number of hydrogen-bond donors (Lipinski definition) is 1. The van der Waals surface area contributed by atoms with Crippen molar-refractivity contribution >= 4 is 11.6 Å². The highest BCUT2D eigenvalue weighted by Gasteiger charge is 2.17. The third-order valence-electron chi connectivity index (χ3n) is 3.25. The standard InChI is InChI=1S/C13H19ClN2/c1-11(16-8-6-15-7-9-16)10-12-4-2-3-5-13(12)14/h2-5,11,15H,6-10H2,1H3. The SMILES string of the molecule is CC(Cc1ccccc1Cl)N1CCNCC1. The molecular weight excluding hydrogens is 220 g/mol. The van der Waals surface area contributed by atoms with E-state index in [0.29, 0.717) is 6.04 Å². The van der Waals surface area contributed by atoms with Gasteiger partial charge in [-0.15, -0.1) is 0 Å². The Morgan fingerprint density at radius 3 is 2.69 bits per heavy atom. The summed E-state index contributed by atoms with van der Waals surface area (Å²) < 4.78 is 0. The molecule has 1 atom stereocenters. The van der Waals surface area contributed by atoms with Crippen LogP contribution in [0, 0.1) is 0 Å². The topological polar surface area (TPSA) is 15.3 Å². The smallest absolute Gasteiger partial charge is 0.0438 e. The largest absolute Gasteiger partial charge is 0.314 e. The molecular formula is C13H19ClN2. The minimum atomic E-state index is 0.571. The van der Waals surface area contributed by atoms with Crippen LogP contribution in [-0.4, -0.2) is 37.1 Å². The van der Waals surface area contributed by atoms with E-state index in [-0.39, 0.29) is 0 Å². The van der Waals surface area contributed by atoms with E-state index in [1.165, 1.54) is 5.56 Å². The maximum atomic E-state index is 6.18. The maximum absolute atomic E-state index is 6.18. The van der Waals surface area contributed by atoms with Gasteiger partial charge in [-0.1, -0.05) is 29.8 Å². The zero-order valence-corrected chi connectivity index (χ0v) is 10.5. The fourth-order valence-corrected chi connectivity index (χ4v) is 2.45. The van der Waals surface area contributed by atoms with Crippen LogP contribution in [0.2, 0.25) is 5.02 Å². The summed E-state index contributed by atoms with van der Waals surface area (Å²) in [5, 5.41) is 4.27. The predicted molar refractivity (Wildman–Crippen MR) is 69.1 cm³/mol. The summed E-state index contributed by atoms with van der Waals surface area (Å²) in [6.07, 6.45) is 1.04. The molecule has 3 heteroatoms. The van der Waals surface area contributed by atoms with Gasteiger partial charge in [0, 0.05) is 37.2 Å². The molecule has 2 nitrogen and oxygen atoms in total. The maximum Gasteiger partial charge on any atom is 0.0438 e. The van der Waals surface area contributed by atoms with Crippen LogP contribution >= 0.6 is 11.6 Å². The molecule has 0 aliphatic carbocycles. The van der Waals surface area contributed by atoms with Crippen molar-refractivity contribution in [3.05, 3.63) is 34.9 Å². The third kappa shape index (κ3) is 2.97. The zero-order valence-electron chi connectivity index (χ0n) is 9.75. The van der Waals surface area contributed by atoms with Gasteiger partial charge >= 0.3 is 0 Å². The Morgan fingerprint density at radius 2 is 2.00 bits per heavy atom. The monoisotopic (exact) mass is 238 g/mol. The molecule has 2 rings (SSSR count). The van der Waals surface area contributed by atoms with Gasteiger partial charge in [0.2, 0.25) is 0 Å².